The van der Waals surface area contributed by atoms with Gasteiger partial charge in [0.25, 0.3) is 0 Å². The molecule has 0 amide bonds. The monoisotopic (exact) mass is 1840 g/mol. The van der Waals surface area contributed by atoms with Crippen molar-refractivity contribution in [3.63, 3.8) is 0 Å². The van der Waals surface area contributed by atoms with Crippen LogP contribution < -0.4 is 0 Å². The summed E-state index contributed by atoms with van der Waals surface area (Å²) < 4.78 is 124. The Morgan fingerprint density at radius 2 is 0.740 bits per heavy atom. The van der Waals surface area contributed by atoms with Crippen LogP contribution in [0.1, 0.15) is 185 Å². The fraction of sp³-hybridized carbons (Fsp3) is 0.928. The summed E-state index contributed by atoms with van der Waals surface area (Å²) in [7, 11) is 1.24. The van der Waals surface area contributed by atoms with Crippen molar-refractivity contribution in [3.05, 3.63) is 11.6 Å². The van der Waals surface area contributed by atoms with E-state index in [4.69, 9.17) is 90.0 Å². The van der Waals surface area contributed by atoms with Gasteiger partial charge in [0.2, 0.25) is 0 Å². The number of rotatable bonds is 45. The van der Waals surface area contributed by atoms with Gasteiger partial charge in [-0.1, -0.05) is 77.7 Å². The Labute approximate surface area is 737 Å². The number of carbonyl (C=O) groups excluding carboxylic acids is 4. The molecule has 8 saturated heterocycles. The van der Waals surface area contributed by atoms with Crippen LogP contribution in [-0.4, -0.2) is 423 Å². The van der Waals surface area contributed by atoms with Gasteiger partial charge in [-0.05, 0) is 101 Å². The van der Waals surface area contributed by atoms with Crippen molar-refractivity contribution in [1.82, 2.24) is 0 Å². The first-order valence-corrected chi connectivity index (χ1v) is 44.4. The predicted molar refractivity (Wildman–Crippen MR) is 426 cm³/mol. The molecule has 0 spiro atoms. The number of unbranched alkanes of at least 4 members (excludes halogenated alkanes) is 6. The van der Waals surface area contributed by atoms with Crippen LogP contribution in [0.25, 0.3) is 0 Å². The molecule has 44 heteroatoms. The Kier molecular flexibility index (Phi) is 43.8. The van der Waals surface area contributed by atoms with E-state index in [1.54, 1.807) is 0 Å². The second-order valence-corrected chi connectivity index (χ2v) is 34.4. The number of aliphatic hydroxyl groups excluding tert-OH is 20. The molecule has 0 aromatic carbocycles. The lowest BCUT2D eigenvalue weighted by molar-refractivity contribution is -0.416. The van der Waals surface area contributed by atoms with Crippen molar-refractivity contribution < 1.29 is 216 Å². The number of hydrogen-bond acceptors (Lipinski definition) is 44. The Hall–Kier alpha value is -3.82. The molecule has 0 aromatic heterocycles. The lowest BCUT2D eigenvalue weighted by Gasteiger charge is -2.52. The van der Waals surface area contributed by atoms with Crippen LogP contribution in [0.2, 0.25) is 0 Å². The molecule has 20 N–H and O–H groups in total. The Morgan fingerprint density at radius 3 is 1.27 bits per heavy atom. The summed E-state index contributed by atoms with van der Waals surface area (Å²) in [4.78, 5) is 53.9. The van der Waals surface area contributed by atoms with Crippen molar-refractivity contribution in [2.45, 2.75) is 455 Å². The predicted octanol–water partition coefficient (Wildman–Crippen LogP) is -4.72. The summed E-state index contributed by atoms with van der Waals surface area (Å²) in [6.45, 7) is 12.9. The lowest BCUT2D eigenvalue weighted by atomic mass is 9.94. The van der Waals surface area contributed by atoms with E-state index < -0.39 is 326 Å². The van der Waals surface area contributed by atoms with Gasteiger partial charge in [-0.2, -0.15) is 0 Å². The van der Waals surface area contributed by atoms with Crippen molar-refractivity contribution in [2.75, 3.05) is 26.9 Å². The topological polar surface area (TPSA) is 657 Å². The normalized spacial score (nSPS) is 42.3. The number of hydrogen-bond donors (Lipinski definition) is 20. The molecule has 127 heavy (non-hydrogen) atoms. The molecule has 8 aliphatic heterocycles. The minimum absolute atomic E-state index is 0.00238. The van der Waals surface area contributed by atoms with Crippen LogP contribution in [0.3, 0.4) is 0 Å². The molecule has 8 rings (SSSR count). The van der Waals surface area contributed by atoms with Crippen LogP contribution in [0.4, 0.5) is 0 Å². The first-order chi connectivity index (χ1) is 60.2. The summed E-state index contributed by atoms with van der Waals surface area (Å²) >= 11 is 0. The molecule has 0 aliphatic carbocycles. The average molecular weight is 1840 g/mol. The average Bonchev–Trinajstić information content (AvgIpc) is 0.756. The van der Waals surface area contributed by atoms with Gasteiger partial charge in [0.1, 0.15) is 146 Å². The molecule has 0 saturated carbocycles. The molecule has 0 radical (unpaired) electrons. The van der Waals surface area contributed by atoms with E-state index in [9.17, 15) is 117 Å². The van der Waals surface area contributed by atoms with Crippen LogP contribution in [0, 0.1) is 5.92 Å². The highest BCUT2D eigenvalue weighted by atomic mass is 16.8. The van der Waals surface area contributed by atoms with Gasteiger partial charge in [0.15, 0.2) is 68.6 Å². The van der Waals surface area contributed by atoms with Crippen molar-refractivity contribution in [3.8, 4) is 0 Å². The summed E-state index contributed by atoms with van der Waals surface area (Å²) in [6, 6.07) is 0. The molecule has 44 nitrogen and oxygen atoms in total. The van der Waals surface area contributed by atoms with Gasteiger partial charge in [0.05, 0.1) is 94.2 Å². The summed E-state index contributed by atoms with van der Waals surface area (Å²) in [6.07, 6.45) is -71.4. The van der Waals surface area contributed by atoms with Crippen LogP contribution >= 0.6 is 0 Å². The van der Waals surface area contributed by atoms with E-state index in [0.717, 1.165) is 12.8 Å². The number of methoxy groups -OCH3 is 1. The first-order valence-electron chi connectivity index (χ1n) is 44.4. The third kappa shape index (κ3) is 28.2. The number of esters is 4. The standard InChI is InChI=1S/C83H142O44/c1-13-24-43(114-76-61(102)55(96)50(91)37(7)109-76)28-22-19-23-29-48(89)119-73-72(127-82-70(58(99)53(94)46(32-85)117-82)124-79-64(105)68(65(40(10)112-79)120-74(106)34(4)15-3)123-77-62(103)56(97)51(92)38(8)110-77)66(122-78-63(104)60(101)67(47(33-86)118-78)121-75(107)35(5)36(6)87)41(11)113-83(73)126-71-59(100)54(95)45(31-84)116-81(71)125-69-57(98)52(93)39(9)111-80(69)115-44(25-14-2)27-21-18-16-17-20-26-42(88)30-49(90)108-12/h15,35-47,50-73,76-88,91-105H,13-14,16-33H2,1-12H3/b34-15+/t35-,36-,37-,38-,39-,40-,41+,42+,43+,44+,45-,46-,47-,50-,51+,52+,53-,54-,55+,56+,57+,58+,59+,60-,61-,62-,63-,64-,65-,66+,67-,68-,69-,70-,71-,72-,73-,76+,77+,78+,79+,80+,81+,82+,83+/m1/s1. The van der Waals surface area contributed by atoms with E-state index in [1.165, 1.54) is 75.5 Å². The summed E-state index contributed by atoms with van der Waals surface area (Å²) in [5.74, 6) is -4.97. The smallest absolute Gasteiger partial charge is 0.333 e. The Bertz CT molecular complexity index is 3280. The van der Waals surface area contributed by atoms with Gasteiger partial charge in [0, 0.05) is 12.0 Å². The Morgan fingerprint density at radius 1 is 0.354 bits per heavy atom. The summed E-state index contributed by atoms with van der Waals surface area (Å²) in [5, 5.41) is 227. The van der Waals surface area contributed by atoms with E-state index in [2.05, 4.69) is 4.74 Å². The van der Waals surface area contributed by atoms with Gasteiger partial charge in [-0.15, -0.1) is 0 Å². The maximum Gasteiger partial charge on any atom is 0.333 e. The SMILES string of the molecule is C/C=C(\C)C(=O)O[C@H]1[C@H](O[C@@H]2O[C@H](C)[C@H](O)[C@H](O)[C@H]2O)[C@@H](O)[C@H](O[C@H]2[C@H](O[C@@H]3[C@@H](O[C@@H]4O[C@H](CO)[C@@H](OC(=O)[C@H](C)[C@@H](C)O)[C@H](O)[C@H]4O)[C@H](C)O[C@@H](O[C@H]4[C@H](O[C@H]5[C@H](O[C@@H](CCC)CCCCCCC[C@H](O)CC(=O)OC)O[C@H](C)[C@H](O)[C@@H]5O)O[C@H](CO)[C@@H](O)[C@@H]4O)[C@@H]3OC(=O)CCCCC[C@H](CCC)O[C@@H]3O[C@H](C)[C@@H](O)[C@H](O)[C@H]3O)O[C@H](CO)[C@@H](O)[C@@H]2O)O[C@@H]1C. The number of carbonyl (C=O) groups is 4. The zero-order chi connectivity index (χ0) is 93.9. The van der Waals surface area contributed by atoms with Gasteiger partial charge in [-0.3, -0.25) is 14.4 Å². The minimum atomic E-state index is -2.37. The fourth-order valence-corrected chi connectivity index (χ4v) is 16.4. The highest BCUT2D eigenvalue weighted by Gasteiger charge is 2.62. The lowest BCUT2D eigenvalue weighted by Crippen LogP contribution is -2.69. The fourth-order valence-electron chi connectivity index (χ4n) is 16.4. The highest BCUT2D eigenvalue weighted by molar-refractivity contribution is 5.87. The number of aliphatic hydroxyl groups is 20. The molecule has 8 aliphatic rings. The van der Waals surface area contributed by atoms with E-state index in [0.29, 0.717) is 70.6 Å². The molecule has 8 heterocycles. The summed E-state index contributed by atoms with van der Waals surface area (Å²) in [5.41, 5.74) is 0.0526. The van der Waals surface area contributed by atoms with Crippen LogP contribution in [0.15, 0.2) is 11.6 Å². The van der Waals surface area contributed by atoms with E-state index in [-0.39, 0.29) is 24.8 Å². The van der Waals surface area contributed by atoms with Crippen molar-refractivity contribution in [1.29, 1.82) is 0 Å². The molecule has 0 unspecified atom stereocenters. The van der Waals surface area contributed by atoms with E-state index in [1.807, 2.05) is 13.8 Å². The van der Waals surface area contributed by atoms with Crippen LogP contribution in [0.5, 0.6) is 0 Å². The second kappa shape index (κ2) is 51.2. The van der Waals surface area contributed by atoms with Crippen LogP contribution in [-0.2, 0) is 114 Å². The highest BCUT2D eigenvalue weighted by Crippen LogP contribution is 2.42. The molecule has 45 atom stereocenters. The van der Waals surface area contributed by atoms with Gasteiger partial charge < -0.3 is 197 Å². The zero-order valence-corrected chi connectivity index (χ0v) is 73.9. The number of ether oxygens (including phenoxy) is 20. The molecule has 0 aromatic rings. The molecular weight excluding hydrogens is 1700 g/mol. The molecule has 8 fully saturated rings. The quantitative estimate of drug-likeness (QED) is 0.0118. The van der Waals surface area contributed by atoms with Gasteiger partial charge in [-0.25, -0.2) is 4.79 Å². The van der Waals surface area contributed by atoms with Gasteiger partial charge >= 0.3 is 23.9 Å². The van der Waals surface area contributed by atoms with E-state index >= 15 is 4.79 Å². The maximum absolute atomic E-state index is 15.2. The largest absolute Gasteiger partial charge is 0.469 e. The van der Waals surface area contributed by atoms with Crippen molar-refractivity contribution in [2.24, 2.45) is 5.92 Å². The molecule has 738 valence electrons. The third-order valence-electron chi connectivity index (χ3n) is 24.7. The minimum Gasteiger partial charge on any atom is -0.469 e. The number of allylic oxidation sites excluding steroid dienone is 1. The van der Waals surface area contributed by atoms with Crippen molar-refractivity contribution >= 4 is 23.9 Å². The first kappa shape index (κ1) is 109. The maximum atomic E-state index is 15.2. The zero-order valence-electron chi connectivity index (χ0n) is 73.9. The Balaban J connectivity index is 1.21. The second-order valence-electron chi connectivity index (χ2n) is 34.4. The molecular formula is C83H142O44. The molecule has 0 bridgehead atoms. The third-order valence-corrected chi connectivity index (χ3v) is 24.7.